The fraction of sp³-hybridized carbons (Fsp3) is 0.200. The fourth-order valence-corrected chi connectivity index (χ4v) is 4.17. The van der Waals surface area contributed by atoms with Crippen LogP contribution in [0.1, 0.15) is 19.4 Å². The summed E-state index contributed by atoms with van der Waals surface area (Å²) in [6.07, 6.45) is -0.607. The second-order valence-electron chi connectivity index (χ2n) is 8.52. The molecule has 9 heteroatoms. The number of nitrogens with one attached hydrogen (secondary N) is 3. The number of amides is 5. The summed E-state index contributed by atoms with van der Waals surface area (Å²) in [7, 11) is 0. The topological polar surface area (TPSA) is 117 Å². The van der Waals surface area contributed by atoms with Gasteiger partial charge in [-0.2, -0.15) is 0 Å². The Hall–Kier alpha value is -4.40. The molecule has 0 spiro atoms. The Morgan fingerprint density at radius 1 is 1.06 bits per heavy atom. The molecule has 34 heavy (non-hydrogen) atoms. The van der Waals surface area contributed by atoms with E-state index in [2.05, 4.69) is 16.0 Å². The Morgan fingerprint density at radius 3 is 2.62 bits per heavy atom. The van der Waals surface area contributed by atoms with Gasteiger partial charge < -0.3 is 20.7 Å². The van der Waals surface area contributed by atoms with Gasteiger partial charge in [0.25, 0.3) is 11.8 Å². The van der Waals surface area contributed by atoms with Crippen molar-refractivity contribution in [2.75, 3.05) is 17.2 Å². The average molecular weight is 458 g/mol. The van der Waals surface area contributed by atoms with Crippen molar-refractivity contribution in [1.29, 1.82) is 0 Å². The highest BCUT2D eigenvalue weighted by molar-refractivity contribution is 6.10. The number of anilines is 2. The third-order valence-electron chi connectivity index (χ3n) is 6.10. The van der Waals surface area contributed by atoms with Gasteiger partial charge in [0.05, 0.1) is 5.69 Å². The molecule has 0 unspecified atom stereocenters. The van der Waals surface area contributed by atoms with E-state index in [0.29, 0.717) is 22.7 Å². The molecule has 3 N–H and O–H groups in total. The number of fused-ring (bicyclic) bond motifs is 2. The first-order chi connectivity index (χ1) is 16.2. The quantitative estimate of drug-likeness (QED) is 0.520. The van der Waals surface area contributed by atoms with E-state index in [9.17, 15) is 19.2 Å². The number of carbonyl (C=O) groups excluding carboxylic acids is 4. The Labute approximate surface area is 195 Å². The highest BCUT2D eigenvalue weighted by Crippen LogP contribution is 2.33. The van der Waals surface area contributed by atoms with Crippen molar-refractivity contribution in [2.24, 2.45) is 0 Å². The molecule has 172 valence electrons. The van der Waals surface area contributed by atoms with Crippen LogP contribution in [0.2, 0.25) is 0 Å². The normalized spacial score (nSPS) is 21.5. The highest BCUT2D eigenvalue weighted by Gasteiger charge is 2.49. The van der Waals surface area contributed by atoms with E-state index in [4.69, 9.17) is 4.74 Å². The molecule has 2 aliphatic heterocycles. The highest BCUT2D eigenvalue weighted by atomic mass is 16.5. The smallest absolute Gasteiger partial charge is 0.325 e. The lowest BCUT2D eigenvalue weighted by Crippen LogP contribution is -2.42. The molecule has 0 aliphatic carbocycles. The summed E-state index contributed by atoms with van der Waals surface area (Å²) in [6, 6.07) is 17.4. The monoisotopic (exact) mass is 458 g/mol. The molecule has 9 nitrogen and oxygen atoms in total. The molecule has 5 amide bonds. The maximum Gasteiger partial charge on any atom is 0.325 e. The van der Waals surface area contributed by atoms with Gasteiger partial charge in [-0.1, -0.05) is 36.4 Å². The lowest BCUT2D eigenvalue weighted by Gasteiger charge is -2.24. The number of carbonyl (C=O) groups is 4. The predicted molar refractivity (Wildman–Crippen MR) is 125 cm³/mol. The van der Waals surface area contributed by atoms with Gasteiger partial charge in [0.2, 0.25) is 5.91 Å². The first kappa shape index (κ1) is 21.4. The van der Waals surface area contributed by atoms with Crippen molar-refractivity contribution in [3.63, 3.8) is 0 Å². The van der Waals surface area contributed by atoms with Crippen LogP contribution in [-0.2, 0) is 19.9 Å². The van der Waals surface area contributed by atoms with E-state index < -0.39 is 36.0 Å². The van der Waals surface area contributed by atoms with Crippen LogP contribution in [0.3, 0.4) is 0 Å². The fourth-order valence-electron chi connectivity index (χ4n) is 4.17. The van der Waals surface area contributed by atoms with Gasteiger partial charge in [-0.05, 0) is 54.4 Å². The zero-order valence-corrected chi connectivity index (χ0v) is 18.5. The zero-order valence-electron chi connectivity index (χ0n) is 18.5. The lowest BCUT2D eigenvalue weighted by molar-refractivity contribution is -0.133. The largest absolute Gasteiger partial charge is 0.479 e. The van der Waals surface area contributed by atoms with Crippen LogP contribution in [0.15, 0.2) is 60.7 Å². The number of hydrogen-bond donors (Lipinski definition) is 3. The molecule has 1 fully saturated rings. The minimum atomic E-state index is -1.29. The summed E-state index contributed by atoms with van der Waals surface area (Å²) in [5.41, 5.74) is 0.171. The van der Waals surface area contributed by atoms with Crippen molar-refractivity contribution in [3.05, 3.63) is 66.2 Å². The van der Waals surface area contributed by atoms with Gasteiger partial charge in [-0.3, -0.25) is 19.3 Å². The standard InChI is InChI=1S/C25H22N4O5/c1-14-22(31)27-19-12-18(9-10-20(19)34-14)26-21(30)13-29-23(32)25(2,28-24(29)33)17-8-7-15-5-3-4-6-16(15)11-17/h3-12,14H,13H2,1-2H3,(H,26,30)(H,27,31)(H,28,33)/t14-,25-/m1/s1. The summed E-state index contributed by atoms with van der Waals surface area (Å²) in [4.78, 5) is 51.2. The number of nitrogens with zero attached hydrogens (tertiary/aromatic N) is 1. The van der Waals surface area contributed by atoms with Crippen molar-refractivity contribution in [3.8, 4) is 5.75 Å². The first-order valence-corrected chi connectivity index (χ1v) is 10.8. The zero-order chi connectivity index (χ0) is 24.0. The average Bonchev–Trinajstić information content (AvgIpc) is 3.03. The van der Waals surface area contributed by atoms with Crippen LogP contribution in [0.5, 0.6) is 5.75 Å². The van der Waals surface area contributed by atoms with Crippen LogP contribution < -0.4 is 20.7 Å². The van der Waals surface area contributed by atoms with E-state index in [1.54, 1.807) is 38.1 Å². The summed E-state index contributed by atoms with van der Waals surface area (Å²) in [6.45, 7) is 2.81. The molecule has 3 aromatic carbocycles. The lowest BCUT2D eigenvalue weighted by atomic mass is 9.90. The molecule has 0 radical (unpaired) electrons. The Balaban J connectivity index is 1.31. The maximum atomic E-state index is 13.2. The van der Waals surface area contributed by atoms with Gasteiger partial charge in [0.15, 0.2) is 6.10 Å². The number of benzene rings is 3. The second-order valence-corrected chi connectivity index (χ2v) is 8.52. The van der Waals surface area contributed by atoms with E-state index in [1.807, 2.05) is 36.4 Å². The maximum absolute atomic E-state index is 13.2. The first-order valence-electron chi connectivity index (χ1n) is 10.8. The van der Waals surface area contributed by atoms with Crippen LogP contribution in [0.4, 0.5) is 16.2 Å². The third kappa shape index (κ3) is 3.61. The van der Waals surface area contributed by atoms with Crippen molar-refractivity contribution >= 4 is 45.9 Å². The van der Waals surface area contributed by atoms with E-state index in [0.717, 1.165) is 15.7 Å². The van der Waals surface area contributed by atoms with Crippen molar-refractivity contribution < 1.29 is 23.9 Å². The van der Waals surface area contributed by atoms with E-state index in [1.165, 1.54) is 0 Å². The van der Waals surface area contributed by atoms with Crippen LogP contribution >= 0.6 is 0 Å². The van der Waals surface area contributed by atoms with E-state index >= 15 is 0 Å². The van der Waals surface area contributed by atoms with Crippen molar-refractivity contribution in [2.45, 2.75) is 25.5 Å². The molecular formula is C25H22N4O5. The molecule has 2 heterocycles. The third-order valence-corrected chi connectivity index (χ3v) is 6.10. The molecule has 3 aromatic rings. The predicted octanol–water partition coefficient (Wildman–Crippen LogP) is 2.96. The summed E-state index contributed by atoms with van der Waals surface area (Å²) in [5, 5.41) is 10.0. The Kier molecular flexibility index (Phi) is 4.97. The minimum absolute atomic E-state index is 0.289. The van der Waals surface area contributed by atoms with Gasteiger partial charge in [-0.25, -0.2) is 4.79 Å². The molecule has 0 saturated carbocycles. The van der Waals surface area contributed by atoms with Crippen LogP contribution in [-0.4, -0.2) is 41.3 Å². The molecule has 2 atom stereocenters. The van der Waals surface area contributed by atoms with Gasteiger partial charge >= 0.3 is 6.03 Å². The number of hydrogen-bond acceptors (Lipinski definition) is 5. The molecule has 1 saturated heterocycles. The van der Waals surface area contributed by atoms with Crippen LogP contribution in [0, 0.1) is 0 Å². The van der Waals surface area contributed by atoms with Crippen LogP contribution in [0.25, 0.3) is 10.8 Å². The van der Waals surface area contributed by atoms with Gasteiger partial charge in [0.1, 0.15) is 17.8 Å². The van der Waals surface area contributed by atoms with E-state index in [-0.39, 0.29) is 5.91 Å². The van der Waals surface area contributed by atoms with Crippen molar-refractivity contribution in [1.82, 2.24) is 10.2 Å². The summed E-state index contributed by atoms with van der Waals surface area (Å²) >= 11 is 0. The molecular weight excluding hydrogens is 436 g/mol. The number of rotatable bonds is 4. The second kappa shape index (κ2) is 7.87. The number of urea groups is 1. The van der Waals surface area contributed by atoms with Gasteiger partial charge in [-0.15, -0.1) is 0 Å². The molecule has 5 rings (SSSR count). The summed E-state index contributed by atoms with van der Waals surface area (Å²) < 4.78 is 5.50. The number of imide groups is 1. The molecule has 0 aromatic heterocycles. The van der Waals surface area contributed by atoms with Gasteiger partial charge in [0, 0.05) is 5.69 Å². The molecule has 0 bridgehead atoms. The Morgan fingerprint density at radius 2 is 1.82 bits per heavy atom. The SMILES string of the molecule is C[C@H]1Oc2ccc(NC(=O)CN3C(=O)N[C@](C)(c4ccc5ccccc5c4)C3=O)cc2NC1=O. The minimum Gasteiger partial charge on any atom is -0.479 e. The molecule has 2 aliphatic rings. The summed E-state index contributed by atoms with van der Waals surface area (Å²) in [5.74, 6) is -0.862. The number of ether oxygens (including phenoxy) is 1. The Bertz CT molecular complexity index is 1370.